The van der Waals surface area contributed by atoms with E-state index >= 15 is 0 Å². The molecule has 3 unspecified atom stereocenters. The predicted molar refractivity (Wildman–Crippen MR) is 137 cm³/mol. The Kier molecular flexibility index (Phi) is 11.8. The molecule has 0 aliphatic carbocycles. The number of carbonyl (C=O) groups is 2. The van der Waals surface area contributed by atoms with Crippen LogP contribution in [-0.4, -0.2) is 41.7 Å². The Hall–Kier alpha value is -2.70. The Morgan fingerprint density at radius 2 is 1.41 bits per heavy atom. The maximum absolute atomic E-state index is 13.2. The van der Waals surface area contributed by atoms with Gasteiger partial charge in [0.05, 0.1) is 12.1 Å². The van der Waals surface area contributed by atoms with E-state index in [4.69, 9.17) is 0 Å². The highest BCUT2D eigenvalue weighted by atomic mass is 16.3. The zero-order valence-corrected chi connectivity index (χ0v) is 21.0. The number of aliphatic hydroxyl groups excluding tert-OH is 1. The van der Waals surface area contributed by atoms with E-state index in [1.54, 1.807) is 24.3 Å². The van der Waals surface area contributed by atoms with E-state index in [-0.39, 0.29) is 23.8 Å². The average Bonchev–Trinajstić information content (AvgIpc) is 2.81. The van der Waals surface area contributed by atoms with Crippen LogP contribution in [0.5, 0.6) is 0 Å². The average molecular weight is 468 g/mol. The van der Waals surface area contributed by atoms with Crippen molar-refractivity contribution >= 4 is 11.8 Å². The van der Waals surface area contributed by atoms with Gasteiger partial charge >= 0.3 is 0 Å². The molecule has 2 amide bonds. The molecule has 4 N–H and O–H groups in total. The Morgan fingerprint density at radius 1 is 0.824 bits per heavy atom. The Bertz CT molecular complexity index is 856. The Balaban J connectivity index is 1.96. The van der Waals surface area contributed by atoms with E-state index in [0.717, 1.165) is 6.54 Å². The van der Waals surface area contributed by atoms with Crippen molar-refractivity contribution in [3.63, 3.8) is 0 Å². The lowest BCUT2D eigenvalue weighted by molar-refractivity contribution is -0.125. The molecule has 0 saturated carbocycles. The van der Waals surface area contributed by atoms with Crippen LogP contribution in [0.25, 0.3) is 0 Å². The molecule has 0 aliphatic heterocycles. The van der Waals surface area contributed by atoms with Crippen LogP contribution in [0, 0.1) is 11.8 Å². The largest absolute Gasteiger partial charge is 0.391 e. The van der Waals surface area contributed by atoms with Crippen molar-refractivity contribution in [2.24, 2.45) is 11.8 Å². The third-order valence-corrected chi connectivity index (χ3v) is 5.67. The van der Waals surface area contributed by atoms with Crippen LogP contribution in [0.1, 0.15) is 62.9 Å². The standard InChI is InChI=1S/C28H41N3O3/c1-20(2)17-24(26(32)15-16-29-19-22-11-7-5-8-12-22)30-28(34)25(18-21(3)4)31-27(33)23-13-9-6-10-14-23/h5-14,20-21,24-26,29,32H,15-19H2,1-4H3,(H,30,34)(H,31,33). The number of aliphatic hydroxyl groups is 1. The molecule has 0 aromatic heterocycles. The molecule has 2 aromatic rings. The van der Waals surface area contributed by atoms with Gasteiger partial charge in [0.1, 0.15) is 6.04 Å². The molecule has 0 heterocycles. The van der Waals surface area contributed by atoms with Crippen molar-refractivity contribution in [1.82, 2.24) is 16.0 Å². The third kappa shape index (κ3) is 10.1. The Labute approximate surface area is 204 Å². The summed E-state index contributed by atoms with van der Waals surface area (Å²) in [6.45, 7) is 9.56. The maximum atomic E-state index is 13.2. The number of hydrogen-bond acceptors (Lipinski definition) is 4. The summed E-state index contributed by atoms with van der Waals surface area (Å²) < 4.78 is 0. The topological polar surface area (TPSA) is 90.5 Å². The van der Waals surface area contributed by atoms with Crippen molar-refractivity contribution in [2.45, 2.75) is 71.7 Å². The fraction of sp³-hybridized carbons (Fsp3) is 0.500. The minimum absolute atomic E-state index is 0.225. The number of nitrogens with one attached hydrogen (secondary N) is 3. The summed E-state index contributed by atoms with van der Waals surface area (Å²) in [6.07, 6.45) is 1.02. The fourth-order valence-electron chi connectivity index (χ4n) is 3.92. The summed E-state index contributed by atoms with van der Waals surface area (Å²) >= 11 is 0. The molecule has 0 spiro atoms. The van der Waals surface area contributed by atoms with Gasteiger partial charge in [-0.05, 0) is 55.3 Å². The molecule has 186 valence electrons. The molecule has 0 aliphatic rings. The van der Waals surface area contributed by atoms with Crippen LogP contribution in [0.4, 0.5) is 0 Å². The summed E-state index contributed by atoms with van der Waals surface area (Å²) in [4.78, 5) is 25.9. The molecule has 2 rings (SSSR count). The summed E-state index contributed by atoms with van der Waals surface area (Å²) in [6, 6.07) is 18.0. The van der Waals surface area contributed by atoms with Gasteiger partial charge in [-0.1, -0.05) is 76.2 Å². The van der Waals surface area contributed by atoms with Crippen molar-refractivity contribution in [3.8, 4) is 0 Å². The molecule has 0 radical (unpaired) electrons. The molecular weight excluding hydrogens is 426 g/mol. The highest BCUT2D eigenvalue weighted by Gasteiger charge is 2.28. The lowest BCUT2D eigenvalue weighted by Crippen LogP contribution is -2.53. The summed E-state index contributed by atoms with van der Waals surface area (Å²) in [5.74, 6) is 0.00886. The van der Waals surface area contributed by atoms with Crippen molar-refractivity contribution in [1.29, 1.82) is 0 Å². The van der Waals surface area contributed by atoms with Gasteiger partial charge in [0.25, 0.3) is 5.91 Å². The molecule has 6 nitrogen and oxygen atoms in total. The maximum Gasteiger partial charge on any atom is 0.251 e. The first-order valence-electron chi connectivity index (χ1n) is 12.3. The zero-order valence-electron chi connectivity index (χ0n) is 21.0. The Morgan fingerprint density at radius 3 is 2.00 bits per heavy atom. The summed E-state index contributed by atoms with van der Waals surface area (Å²) in [5.41, 5.74) is 1.71. The second kappa shape index (κ2) is 14.5. The quantitative estimate of drug-likeness (QED) is 0.317. The van der Waals surface area contributed by atoms with Gasteiger partial charge in [0, 0.05) is 12.1 Å². The lowest BCUT2D eigenvalue weighted by Gasteiger charge is -2.29. The van der Waals surface area contributed by atoms with Gasteiger partial charge in [0.2, 0.25) is 5.91 Å². The van der Waals surface area contributed by atoms with Crippen LogP contribution in [0.3, 0.4) is 0 Å². The number of amides is 2. The molecule has 0 bridgehead atoms. The highest BCUT2D eigenvalue weighted by Crippen LogP contribution is 2.13. The molecule has 0 fully saturated rings. The van der Waals surface area contributed by atoms with E-state index in [1.165, 1.54) is 5.56 Å². The van der Waals surface area contributed by atoms with Crippen molar-refractivity contribution in [2.75, 3.05) is 6.54 Å². The van der Waals surface area contributed by atoms with Gasteiger partial charge in [-0.25, -0.2) is 0 Å². The van der Waals surface area contributed by atoms with E-state index in [0.29, 0.717) is 37.3 Å². The van der Waals surface area contributed by atoms with Gasteiger partial charge in [-0.2, -0.15) is 0 Å². The van der Waals surface area contributed by atoms with E-state index in [1.807, 2.05) is 38.1 Å². The van der Waals surface area contributed by atoms with Crippen LogP contribution < -0.4 is 16.0 Å². The van der Waals surface area contributed by atoms with E-state index in [2.05, 4.69) is 41.9 Å². The number of rotatable bonds is 14. The van der Waals surface area contributed by atoms with Crippen LogP contribution in [-0.2, 0) is 11.3 Å². The van der Waals surface area contributed by atoms with E-state index < -0.39 is 12.1 Å². The summed E-state index contributed by atoms with van der Waals surface area (Å²) in [7, 11) is 0. The smallest absolute Gasteiger partial charge is 0.251 e. The van der Waals surface area contributed by atoms with Gasteiger partial charge in [-0.3, -0.25) is 9.59 Å². The molecule has 2 aromatic carbocycles. The number of carbonyl (C=O) groups excluding carboxylic acids is 2. The fourth-order valence-corrected chi connectivity index (χ4v) is 3.92. The molecule has 0 saturated heterocycles. The minimum Gasteiger partial charge on any atom is -0.391 e. The second-order valence-corrected chi connectivity index (χ2v) is 9.78. The first kappa shape index (κ1) is 27.5. The number of benzene rings is 2. The third-order valence-electron chi connectivity index (χ3n) is 5.67. The molecule has 3 atom stereocenters. The van der Waals surface area contributed by atoms with Gasteiger partial charge in [0.15, 0.2) is 0 Å². The zero-order chi connectivity index (χ0) is 24.9. The van der Waals surface area contributed by atoms with Crippen molar-refractivity contribution in [3.05, 3.63) is 71.8 Å². The molecular formula is C28H41N3O3. The minimum atomic E-state index is -0.681. The molecule has 6 heteroatoms. The van der Waals surface area contributed by atoms with Crippen LogP contribution in [0.15, 0.2) is 60.7 Å². The molecule has 34 heavy (non-hydrogen) atoms. The normalized spacial score (nSPS) is 14.0. The van der Waals surface area contributed by atoms with Crippen LogP contribution >= 0.6 is 0 Å². The van der Waals surface area contributed by atoms with Gasteiger partial charge in [-0.15, -0.1) is 0 Å². The van der Waals surface area contributed by atoms with Crippen LogP contribution in [0.2, 0.25) is 0 Å². The summed E-state index contributed by atoms with van der Waals surface area (Å²) in [5, 5.41) is 20.2. The first-order chi connectivity index (χ1) is 16.3. The lowest BCUT2D eigenvalue weighted by atomic mass is 9.96. The van der Waals surface area contributed by atoms with Crippen molar-refractivity contribution < 1.29 is 14.7 Å². The predicted octanol–water partition coefficient (Wildman–Crippen LogP) is 3.90. The SMILES string of the molecule is CC(C)CC(NC(=O)c1ccccc1)C(=O)NC(CC(C)C)C(O)CCNCc1ccccc1. The second-order valence-electron chi connectivity index (χ2n) is 9.78. The number of hydrogen-bond donors (Lipinski definition) is 4. The van der Waals surface area contributed by atoms with Gasteiger partial charge < -0.3 is 21.1 Å². The highest BCUT2D eigenvalue weighted by molar-refractivity contribution is 5.97. The van der Waals surface area contributed by atoms with E-state index in [9.17, 15) is 14.7 Å². The first-order valence-corrected chi connectivity index (χ1v) is 12.3. The monoisotopic (exact) mass is 467 g/mol.